The summed E-state index contributed by atoms with van der Waals surface area (Å²) in [6, 6.07) is 7.09. The van der Waals surface area contributed by atoms with Gasteiger partial charge >= 0.3 is 12.0 Å². The van der Waals surface area contributed by atoms with Crippen molar-refractivity contribution in [1.29, 1.82) is 0 Å². The maximum atomic E-state index is 12.5. The van der Waals surface area contributed by atoms with Crippen molar-refractivity contribution in [3.05, 3.63) is 30.5 Å². The Balaban J connectivity index is 1.76. The van der Waals surface area contributed by atoms with Gasteiger partial charge in [-0.15, -0.1) is 0 Å². The normalized spacial score (nSPS) is 15.2. The number of hydrogen-bond acceptors (Lipinski definition) is 4. The summed E-state index contributed by atoms with van der Waals surface area (Å²) in [7, 11) is 0. The summed E-state index contributed by atoms with van der Waals surface area (Å²) in [6.45, 7) is 3.34. The van der Waals surface area contributed by atoms with Gasteiger partial charge < -0.3 is 20.1 Å². The maximum absolute atomic E-state index is 12.5. The number of benzene rings is 1. The van der Waals surface area contributed by atoms with E-state index < -0.39 is 5.97 Å². The highest BCUT2D eigenvalue weighted by Gasteiger charge is 2.27. The summed E-state index contributed by atoms with van der Waals surface area (Å²) in [5.74, 6) is -0.426. The highest BCUT2D eigenvalue weighted by atomic mass is 16.5. The molecule has 0 spiro atoms. The van der Waals surface area contributed by atoms with E-state index in [2.05, 4.69) is 10.3 Å². The van der Waals surface area contributed by atoms with Crippen molar-refractivity contribution in [2.45, 2.75) is 19.8 Å². The lowest BCUT2D eigenvalue weighted by Crippen LogP contribution is -2.42. The van der Waals surface area contributed by atoms with Crippen LogP contribution in [0.1, 0.15) is 19.8 Å². The number of aliphatic carboxylic acids is 1. The van der Waals surface area contributed by atoms with E-state index in [4.69, 9.17) is 9.84 Å². The summed E-state index contributed by atoms with van der Waals surface area (Å²) in [5, 5.41) is 12.8. The molecule has 2 N–H and O–H groups in total. The van der Waals surface area contributed by atoms with E-state index in [1.165, 1.54) is 0 Å². The van der Waals surface area contributed by atoms with Crippen LogP contribution in [-0.2, 0) is 4.79 Å². The Hall–Kier alpha value is -2.83. The van der Waals surface area contributed by atoms with Gasteiger partial charge in [0.1, 0.15) is 5.75 Å². The first-order chi connectivity index (χ1) is 12.1. The van der Waals surface area contributed by atoms with Crippen molar-refractivity contribution in [1.82, 2.24) is 9.88 Å². The van der Waals surface area contributed by atoms with Gasteiger partial charge in [0.2, 0.25) is 0 Å². The molecule has 1 aromatic heterocycles. The summed E-state index contributed by atoms with van der Waals surface area (Å²) >= 11 is 0. The Labute approximate surface area is 145 Å². The van der Waals surface area contributed by atoms with Crippen molar-refractivity contribution in [2.75, 3.05) is 25.0 Å². The van der Waals surface area contributed by atoms with E-state index in [-0.39, 0.29) is 11.9 Å². The molecule has 0 saturated carbocycles. The number of fused-ring (bicyclic) bond motifs is 1. The number of nitrogens with one attached hydrogen (secondary N) is 1. The quantitative estimate of drug-likeness (QED) is 0.890. The molecular weight excluding hydrogens is 322 g/mol. The molecule has 0 atom stereocenters. The lowest BCUT2D eigenvalue weighted by molar-refractivity contribution is -0.143. The number of piperidine rings is 1. The molecule has 1 fully saturated rings. The van der Waals surface area contributed by atoms with E-state index in [1.807, 2.05) is 25.1 Å². The second-order valence-electron chi connectivity index (χ2n) is 5.97. The van der Waals surface area contributed by atoms with Crippen LogP contribution in [0, 0.1) is 5.92 Å². The monoisotopic (exact) mass is 343 g/mol. The summed E-state index contributed by atoms with van der Waals surface area (Å²) in [4.78, 5) is 29.5. The first kappa shape index (κ1) is 17.0. The van der Waals surface area contributed by atoms with Gasteiger partial charge in [0, 0.05) is 24.7 Å². The molecule has 1 aliphatic heterocycles. The van der Waals surface area contributed by atoms with Crippen LogP contribution in [0.4, 0.5) is 10.5 Å². The Morgan fingerprint density at radius 3 is 2.76 bits per heavy atom. The molecule has 0 unspecified atom stereocenters. The fourth-order valence-corrected chi connectivity index (χ4v) is 3.05. The molecule has 2 heterocycles. The van der Waals surface area contributed by atoms with Gasteiger partial charge in [0.05, 0.1) is 23.7 Å². The lowest BCUT2D eigenvalue weighted by atomic mass is 9.97. The number of carboxylic acid groups (broad SMARTS) is 1. The zero-order valence-electron chi connectivity index (χ0n) is 14.1. The minimum absolute atomic E-state index is 0.236. The molecule has 2 aromatic rings. The van der Waals surface area contributed by atoms with Crippen LogP contribution in [0.5, 0.6) is 5.75 Å². The zero-order chi connectivity index (χ0) is 17.8. The smallest absolute Gasteiger partial charge is 0.321 e. The summed E-state index contributed by atoms with van der Waals surface area (Å²) in [5.41, 5.74) is 1.28. The second kappa shape index (κ2) is 7.38. The van der Waals surface area contributed by atoms with Gasteiger partial charge in [-0.25, -0.2) is 4.79 Å². The SMILES string of the molecule is CCOc1ccc(NC(=O)N2CCC(C(=O)O)CC2)c2ncccc12. The Kier molecular flexibility index (Phi) is 5.02. The van der Waals surface area contributed by atoms with E-state index in [9.17, 15) is 9.59 Å². The molecule has 0 radical (unpaired) electrons. The molecule has 0 aliphatic carbocycles. The molecule has 1 saturated heterocycles. The van der Waals surface area contributed by atoms with Crippen LogP contribution in [-0.4, -0.2) is 46.7 Å². The first-order valence-corrected chi connectivity index (χ1v) is 8.39. The van der Waals surface area contributed by atoms with Crippen LogP contribution in [0.3, 0.4) is 0 Å². The topological polar surface area (TPSA) is 91.8 Å². The molecule has 25 heavy (non-hydrogen) atoms. The molecule has 132 valence electrons. The largest absolute Gasteiger partial charge is 0.493 e. The van der Waals surface area contributed by atoms with Crippen molar-refractivity contribution in [3.63, 3.8) is 0 Å². The number of anilines is 1. The number of likely N-dealkylation sites (tertiary alicyclic amines) is 1. The molecule has 7 nitrogen and oxygen atoms in total. The number of rotatable bonds is 4. The predicted molar refractivity (Wildman–Crippen MR) is 93.9 cm³/mol. The van der Waals surface area contributed by atoms with E-state index >= 15 is 0 Å². The maximum Gasteiger partial charge on any atom is 0.321 e. The predicted octanol–water partition coefficient (Wildman–Crippen LogP) is 2.96. The molecule has 2 amide bonds. The van der Waals surface area contributed by atoms with E-state index in [1.54, 1.807) is 17.2 Å². The van der Waals surface area contributed by atoms with Crippen LogP contribution >= 0.6 is 0 Å². The summed E-state index contributed by atoms with van der Waals surface area (Å²) < 4.78 is 5.61. The van der Waals surface area contributed by atoms with Crippen LogP contribution < -0.4 is 10.1 Å². The highest BCUT2D eigenvalue weighted by molar-refractivity contribution is 6.01. The van der Waals surface area contributed by atoms with Gasteiger partial charge in [0.15, 0.2) is 0 Å². The minimum Gasteiger partial charge on any atom is -0.493 e. The first-order valence-electron chi connectivity index (χ1n) is 8.39. The van der Waals surface area contributed by atoms with Gasteiger partial charge in [-0.1, -0.05) is 0 Å². The van der Waals surface area contributed by atoms with Crippen molar-refractivity contribution < 1.29 is 19.4 Å². The number of urea groups is 1. The standard InChI is InChI=1S/C18H21N3O4/c1-2-25-15-6-5-14(16-13(15)4-3-9-19-16)20-18(24)21-10-7-12(8-11-21)17(22)23/h3-6,9,12H,2,7-8,10-11H2,1H3,(H,20,24)(H,22,23). The third kappa shape index (κ3) is 3.65. The van der Waals surface area contributed by atoms with Gasteiger partial charge in [0.25, 0.3) is 0 Å². The number of nitrogens with zero attached hydrogens (tertiary/aromatic N) is 2. The lowest BCUT2D eigenvalue weighted by Gasteiger charge is -2.30. The van der Waals surface area contributed by atoms with Crippen molar-refractivity contribution in [2.24, 2.45) is 5.92 Å². The van der Waals surface area contributed by atoms with Crippen molar-refractivity contribution >= 4 is 28.6 Å². The average Bonchev–Trinajstić information content (AvgIpc) is 2.64. The second-order valence-corrected chi connectivity index (χ2v) is 5.97. The van der Waals surface area contributed by atoms with Gasteiger partial charge in [-0.2, -0.15) is 0 Å². The van der Waals surface area contributed by atoms with Crippen LogP contribution in [0.25, 0.3) is 10.9 Å². The third-order valence-electron chi connectivity index (χ3n) is 4.40. The van der Waals surface area contributed by atoms with Gasteiger partial charge in [-0.3, -0.25) is 9.78 Å². The number of aromatic nitrogens is 1. The molecule has 1 aromatic carbocycles. The number of hydrogen-bond donors (Lipinski definition) is 2. The molecule has 3 rings (SSSR count). The van der Waals surface area contributed by atoms with Crippen molar-refractivity contribution in [3.8, 4) is 5.75 Å². The Morgan fingerprint density at radius 1 is 1.32 bits per heavy atom. The fraction of sp³-hybridized carbons (Fsp3) is 0.389. The third-order valence-corrected chi connectivity index (χ3v) is 4.40. The number of carbonyl (C=O) groups excluding carboxylic acids is 1. The highest BCUT2D eigenvalue weighted by Crippen LogP contribution is 2.30. The number of carbonyl (C=O) groups is 2. The number of amides is 2. The average molecular weight is 343 g/mol. The van der Waals surface area contributed by atoms with Gasteiger partial charge in [-0.05, 0) is 44.0 Å². The minimum atomic E-state index is -0.790. The zero-order valence-corrected chi connectivity index (χ0v) is 14.1. The number of pyridine rings is 1. The molecule has 1 aliphatic rings. The molecule has 7 heteroatoms. The molecular formula is C18H21N3O4. The van der Waals surface area contributed by atoms with E-state index in [0.717, 1.165) is 11.1 Å². The molecule has 0 bridgehead atoms. The number of carboxylic acids is 1. The Morgan fingerprint density at radius 2 is 2.08 bits per heavy atom. The van der Waals surface area contributed by atoms with E-state index in [0.29, 0.717) is 43.7 Å². The Bertz CT molecular complexity index is 785. The van der Waals surface area contributed by atoms with Crippen LogP contribution in [0.2, 0.25) is 0 Å². The van der Waals surface area contributed by atoms with Crippen LogP contribution in [0.15, 0.2) is 30.5 Å². The number of ether oxygens (including phenoxy) is 1. The summed E-state index contributed by atoms with van der Waals surface area (Å²) in [6.07, 6.45) is 2.63. The fourth-order valence-electron chi connectivity index (χ4n) is 3.05.